The lowest BCUT2D eigenvalue weighted by Gasteiger charge is -2.20. The van der Waals surface area contributed by atoms with Gasteiger partial charge in [-0.25, -0.2) is 0 Å². The number of rotatable bonds is 5. The van der Waals surface area contributed by atoms with E-state index in [9.17, 15) is 9.90 Å². The quantitative estimate of drug-likeness (QED) is 0.822. The summed E-state index contributed by atoms with van der Waals surface area (Å²) in [6.07, 6.45) is 0. The first kappa shape index (κ1) is 13.6. The van der Waals surface area contributed by atoms with Crippen LogP contribution in [0.25, 0.3) is 0 Å². The minimum absolute atomic E-state index is 0.0811. The van der Waals surface area contributed by atoms with Gasteiger partial charge in [0.15, 0.2) is 0 Å². The van der Waals surface area contributed by atoms with Gasteiger partial charge in [-0.15, -0.1) is 11.6 Å². The number of aromatic hydroxyl groups is 1. The molecule has 0 aliphatic rings. The third-order valence-corrected chi connectivity index (χ3v) is 2.63. The van der Waals surface area contributed by atoms with Gasteiger partial charge in [0.2, 0.25) is 0 Å². The van der Waals surface area contributed by atoms with E-state index < -0.39 is 0 Å². The highest BCUT2D eigenvalue weighted by atomic mass is 35.5. The Bertz CT molecular complexity index is 395. The van der Waals surface area contributed by atoms with Gasteiger partial charge in [0.25, 0.3) is 5.91 Å². The van der Waals surface area contributed by atoms with Crippen LogP contribution in [0.4, 0.5) is 0 Å². The van der Waals surface area contributed by atoms with Crippen LogP contribution < -0.4 is 4.74 Å². The molecule has 94 valence electrons. The van der Waals surface area contributed by atoms with Crippen LogP contribution in [0.15, 0.2) is 18.2 Å². The van der Waals surface area contributed by atoms with Crippen LogP contribution in [0, 0.1) is 0 Å². The molecule has 0 unspecified atom stereocenters. The number of nitrogens with zero attached hydrogens (tertiary/aromatic N) is 1. The van der Waals surface area contributed by atoms with Gasteiger partial charge >= 0.3 is 0 Å². The molecule has 17 heavy (non-hydrogen) atoms. The number of hydrogen-bond donors (Lipinski definition) is 1. The summed E-state index contributed by atoms with van der Waals surface area (Å²) in [5, 5.41) is 9.75. The summed E-state index contributed by atoms with van der Waals surface area (Å²) >= 11 is 5.62. The summed E-state index contributed by atoms with van der Waals surface area (Å²) < 4.78 is 4.96. The number of amides is 1. The van der Waals surface area contributed by atoms with E-state index in [0.29, 0.717) is 24.7 Å². The molecule has 0 aromatic heterocycles. The second-order valence-corrected chi connectivity index (χ2v) is 3.83. The Morgan fingerprint density at radius 3 is 2.71 bits per heavy atom. The lowest BCUT2D eigenvalue weighted by Crippen LogP contribution is -2.32. The fourth-order valence-electron chi connectivity index (χ4n) is 1.49. The molecular formula is C12H16ClNO3. The molecule has 0 spiro atoms. The molecule has 0 fully saturated rings. The molecule has 1 amide bonds. The molecular weight excluding hydrogens is 242 g/mol. The van der Waals surface area contributed by atoms with Crippen molar-refractivity contribution in [2.24, 2.45) is 0 Å². The molecule has 4 nitrogen and oxygen atoms in total. The Morgan fingerprint density at radius 2 is 2.24 bits per heavy atom. The standard InChI is InChI=1S/C12H16ClNO3/c1-3-14(7-6-13)12(16)10-5-4-9(17-2)8-11(10)15/h4-5,8,15H,3,6-7H2,1-2H3. The molecule has 0 aliphatic carbocycles. The van der Waals surface area contributed by atoms with Crippen LogP contribution in [0.5, 0.6) is 11.5 Å². The van der Waals surface area contributed by atoms with Crippen molar-refractivity contribution in [1.82, 2.24) is 4.90 Å². The number of phenols is 1. The molecule has 0 aliphatic heterocycles. The number of halogens is 1. The Kier molecular flexibility index (Phi) is 5.10. The maximum atomic E-state index is 12.1. The average Bonchev–Trinajstić information content (AvgIpc) is 2.35. The van der Waals surface area contributed by atoms with Gasteiger partial charge in [-0.2, -0.15) is 0 Å². The van der Waals surface area contributed by atoms with Crippen LogP contribution in [0.2, 0.25) is 0 Å². The van der Waals surface area contributed by atoms with E-state index in [2.05, 4.69) is 0 Å². The maximum Gasteiger partial charge on any atom is 0.257 e. The molecule has 1 aromatic rings. The van der Waals surface area contributed by atoms with Crippen molar-refractivity contribution in [2.75, 3.05) is 26.1 Å². The highest BCUT2D eigenvalue weighted by Gasteiger charge is 2.17. The summed E-state index contributed by atoms with van der Waals surface area (Å²) in [5.74, 6) is 0.575. The van der Waals surface area contributed by atoms with Crippen LogP contribution in [0.3, 0.4) is 0 Å². The largest absolute Gasteiger partial charge is 0.507 e. The average molecular weight is 258 g/mol. The van der Waals surface area contributed by atoms with Gasteiger partial charge in [-0.3, -0.25) is 4.79 Å². The first-order valence-corrected chi connectivity index (χ1v) is 5.89. The highest BCUT2D eigenvalue weighted by molar-refractivity contribution is 6.18. The van der Waals surface area contributed by atoms with E-state index in [0.717, 1.165) is 0 Å². The van der Waals surface area contributed by atoms with E-state index in [1.807, 2.05) is 6.92 Å². The minimum atomic E-state index is -0.228. The molecule has 0 heterocycles. The van der Waals surface area contributed by atoms with Gasteiger partial charge in [0.05, 0.1) is 12.7 Å². The van der Waals surface area contributed by atoms with E-state index in [4.69, 9.17) is 16.3 Å². The molecule has 1 N–H and O–H groups in total. The Labute approximate surface area is 106 Å². The number of benzene rings is 1. The van der Waals surface area contributed by atoms with E-state index in [1.54, 1.807) is 17.0 Å². The zero-order valence-electron chi connectivity index (χ0n) is 9.94. The lowest BCUT2D eigenvalue weighted by molar-refractivity contribution is 0.0771. The van der Waals surface area contributed by atoms with Gasteiger partial charge in [0, 0.05) is 25.0 Å². The Morgan fingerprint density at radius 1 is 1.53 bits per heavy atom. The Balaban J connectivity index is 2.95. The van der Waals surface area contributed by atoms with Crippen molar-refractivity contribution < 1.29 is 14.6 Å². The number of carbonyl (C=O) groups excluding carboxylic acids is 1. The molecule has 1 rings (SSSR count). The van der Waals surface area contributed by atoms with Crippen molar-refractivity contribution in [1.29, 1.82) is 0 Å². The van der Waals surface area contributed by atoms with Gasteiger partial charge in [0.1, 0.15) is 11.5 Å². The van der Waals surface area contributed by atoms with Crippen molar-refractivity contribution in [3.63, 3.8) is 0 Å². The summed E-state index contributed by atoms with van der Waals surface area (Å²) in [7, 11) is 1.50. The van der Waals surface area contributed by atoms with Gasteiger partial charge < -0.3 is 14.7 Å². The number of alkyl halides is 1. The number of phenolic OH excluding ortho intramolecular Hbond substituents is 1. The first-order chi connectivity index (χ1) is 8.13. The predicted molar refractivity (Wildman–Crippen MR) is 67.0 cm³/mol. The molecule has 0 atom stereocenters. The molecule has 0 saturated carbocycles. The normalized spacial score (nSPS) is 10.1. The van der Waals surface area contributed by atoms with E-state index >= 15 is 0 Å². The smallest absolute Gasteiger partial charge is 0.257 e. The molecule has 5 heteroatoms. The summed E-state index contributed by atoms with van der Waals surface area (Å²) in [5.41, 5.74) is 0.262. The fourth-order valence-corrected chi connectivity index (χ4v) is 1.70. The number of ether oxygens (including phenoxy) is 1. The monoisotopic (exact) mass is 257 g/mol. The third-order valence-electron chi connectivity index (χ3n) is 2.46. The molecule has 0 radical (unpaired) electrons. The van der Waals surface area contributed by atoms with Crippen molar-refractivity contribution in [2.45, 2.75) is 6.92 Å². The summed E-state index contributed by atoms with van der Waals surface area (Å²) in [6.45, 7) is 2.88. The number of methoxy groups -OCH3 is 1. The SMILES string of the molecule is CCN(CCCl)C(=O)c1ccc(OC)cc1O. The van der Waals surface area contributed by atoms with E-state index in [1.165, 1.54) is 13.2 Å². The molecule has 0 bridgehead atoms. The Hall–Kier alpha value is -1.42. The maximum absolute atomic E-state index is 12.1. The van der Waals surface area contributed by atoms with E-state index in [-0.39, 0.29) is 17.2 Å². The topological polar surface area (TPSA) is 49.8 Å². The molecule has 1 aromatic carbocycles. The summed E-state index contributed by atoms with van der Waals surface area (Å²) in [4.78, 5) is 13.6. The van der Waals surface area contributed by atoms with Gasteiger partial charge in [-0.05, 0) is 19.1 Å². The second-order valence-electron chi connectivity index (χ2n) is 3.46. The van der Waals surface area contributed by atoms with Crippen LogP contribution in [-0.2, 0) is 0 Å². The third kappa shape index (κ3) is 3.27. The van der Waals surface area contributed by atoms with Crippen molar-refractivity contribution in [3.8, 4) is 11.5 Å². The number of carbonyl (C=O) groups is 1. The second kappa shape index (κ2) is 6.35. The zero-order chi connectivity index (χ0) is 12.8. The lowest BCUT2D eigenvalue weighted by atomic mass is 10.1. The summed E-state index contributed by atoms with van der Waals surface area (Å²) in [6, 6.07) is 4.61. The van der Waals surface area contributed by atoms with Crippen molar-refractivity contribution >= 4 is 17.5 Å². The first-order valence-electron chi connectivity index (χ1n) is 5.36. The zero-order valence-corrected chi connectivity index (χ0v) is 10.7. The number of hydrogen-bond acceptors (Lipinski definition) is 3. The fraction of sp³-hybridized carbons (Fsp3) is 0.417. The van der Waals surface area contributed by atoms with Crippen molar-refractivity contribution in [3.05, 3.63) is 23.8 Å². The van der Waals surface area contributed by atoms with Crippen LogP contribution in [-0.4, -0.2) is 42.0 Å². The molecule has 0 saturated heterocycles. The highest BCUT2D eigenvalue weighted by Crippen LogP contribution is 2.24. The van der Waals surface area contributed by atoms with Crippen LogP contribution >= 0.6 is 11.6 Å². The minimum Gasteiger partial charge on any atom is -0.507 e. The van der Waals surface area contributed by atoms with Crippen LogP contribution in [0.1, 0.15) is 17.3 Å². The predicted octanol–water partition coefficient (Wildman–Crippen LogP) is 2.10. The van der Waals surface area contributed by atoms with Gasteiger partial charge in [-0.1, -0.05) is 0 Å².